The number of ether oxygens (including phenoxy) is 1. The van der Waals surface area contributed by atoms with E-state index in [9.17, 15) is 14.0 Å². The summed E-state index contributed by atoms with van der Waals surface area (Å²) in [5, 5.41) is 8.84. The fourth-order valence-corrected chi connectivity index (χ4v) is 4.46. The monoisotopic (exact) mass is 519 g/mol. The summed E-state index contributed by atoms with van der Waals surface area (Å²) in [4.78, 5) is 31.6. The number of aromatic nitrogens is 2. The summed E-state index contributed by atoms with van der Waals surface area (Å²) in [7, 11) is 1.63. The quantitative estimate of drug-likeness (QED) is 0.448. The molecule has 0 saturated carbocycles. The van der Waals surface area contributed by atoms with Crippen LogP contribution in [-0.4, -0.2) is 71.6 Å². The second-order valence-electron chi connectivity index (χ2n) is 9.70. The van der Waals surface area contributed by atoms with E-state index in [0.717, 1.165) is 41.4 Å². The van der Waals surface area contributed by atoms with Gasteiger partial charge in [-0.1, -0.05) is 26.0 Å². The molecule has 0 spiro atoms. The second kappa shape index (κ2) is 12.5. The largest absolute Gasteiger partial charge is 0.497 e. The third kappa shape index (κ3) is 6.85. The van der Waals surface area contributed by atoms with E-state index in [0.29, 0.717) is 19.6 Å². The van der Waals surface area contributed by atoms with Gasteiger partial charge in [-0.15, -0.1) is 10.2 Å². The molecule has 2 heterocycles. The van der Waals surface area contributed by atoms with Gasteiger partial charge in [-0.05, 0) is 60.5 Å². The third-order valence-corrected chi connectivity index (χ3v) is 6.63. The van der Waals surface area contributed by atoms with Crippen LogP contribution in [0.5, 0.6) is 5.75 Å². The Morgan fingerprint density at radius 1 is 0.947 bits per heavy atom. The number of amides is 2. The van der Waals surface area contributed by atoms with Gasteiger partial charge in [0, 0.05) is 44.2 Å². The van der Waals surface area contributed by atoms with Crippen molar-refractivity contribution in [2.75, 3.05) is 44.7 Å². The van der Waals surface area contributed by atoms with Crippen molar-refractivity contribution in [1.82, 2.24) is 20.0 Å². The van der Waals surface area contributed by atoms with Crippen molar-refractivity contribution in [2.24, 2.45) is 5.92 Å². The van der Waals surface area contributed by atoms with E-state index in [1.54, 1.807) is 24.1 Å². The van der Waals surface area contributed by atoms with Crippen molar-refractivity contribution in [3.63, 3.8) is 0 Å². The summed E-state index contributed by atoms with van der Waals surface area (Å²) in [6.07, 6.45) is 0.781. The Kier molecular flexibility index (Phi) is 8.89. The van der Waals surface area contributed by atoms with Crippen molar-refractivity contribution in [2.45, 2.75) is 26.8 Å². The third-order valence-electron chi connectivity index (χ3n) is 6.63. The number of carbonyl (C=O) groups is 2. The summed E-state index contributed by atoms with van der Waals surface area (Å²) in [5.74, 6) is 0.775. The van der Waals surface area contributed by atoms with Gasteiger partial charge in [0.2, 0.25) is 11.8 Å². The smallest absolute Gasteiger partial charge is 0.242 e. The average Bonchev–Trinajstić information content (AvgIpc) is 3.20. The SMILES string of the molecule is COc1ccc(-c2ccc(N3CCCN(C(=O)CN(Cc4ccc(F)cc4)C(=O)C(C)C)CC3)nn2)cc1. The minimum Gasteiger partial charge on any atom is -0.497 e. The van der Waals surface area contributed by atoms with Gasteiger partial charge < -0.3 is 19.4 Å². The molecule has 0 unspecified atom stereocenters. The summed E-state index contributed by atoms with van der Waals surface area (Å²) in [5.41, 5.74) is 2.52. The number of halogens is 1. The minimum absolute atomic E-state index is 0.00917. The van der Waals surface area contributed by atoms with Crippen molar-refractivity contribution in [3.05, 3.63) is 72.0 Å². The zero-order chi connectivity index (χ0) is 27.1. The number of hydrogen-bond donors (Lipinski definition) is 0. The van der Waals surface area contributed by atoms with E-state index in [4.69, 9.17) is 4.74 Å². The highest BCUT2D eigenvalue weighted by Gasteiger charge is 2.25. The number of rotatable bonds is 8. The van der Waals surface area contributed by atoms with Gasteiger partial charge in [0.1, 0.15) is 18.1 Å². The molecule has 0 aliphatic carbocycles. The molecule has 1 aliphatic rings. The molecule has 0 radical (unpaired) electrons. The molecule has 1 aromatic heterocycles. The zero-order valence-corrected chi connectivity index (χ0v) is 22.1. The molecule has 200 valence electrons. The summed E-state index contributed by atoms with van der Waals surface area (Å²) >= 11 is 0. The predicted molar refractivity (Wildman–Crippen MR) is 144 cm³/mol. The lowest BCUT2D eigenvalue weighted by Crippen LogP contribution is -2.45. The summed E-state index contributed by atoms with van der Waals surface area (Å²) in [6.45, 7) is 6.39. The molecule has 1 aliphatic heterocycles. The summed E-state index contributed by atoms with van der Waals surface area (Å²) in [6, 6.07) is 17.6. The van der Waals surface area contributed by atoms with Crippen LogP contribution in [0.2, 0.25) is 0 Å². The molecule has 1 saturated heterocycles. The van der Waals surface area contributed by atoms with Crippen LogP contribution >= 0.6 is 0 Å². The van der Waals surface area contributed by atoms with Crippen LogP contribution in [0.4, 0.5) is 10.2 Å². The van der Waals surface area contributed by atoms with Crippen LogP contribution in [0.1, 0.15) is 25.8 Å². The summed E-state index contributed by atoms with van der Waals surface area (Å²) < 4.78 is 18.5. The van der Waals surface area contributed by atoms with E-state index in [1.807, 2.05) is 55.1 Å². The maximum absolute atomic E-state index is 13.3. The first kappa shape index (κ1) is 27.0. The average molecular weight is 520 g/mol. The number of anilines is 1. The lowest BCUT2D eigenvalue weighted by Gasteiger charge is -2.28. The maximum atomic E-state index is 13.3. The Morgan fingerprint density at radius 2 is 1.68 bits per heavy atom. The van der Waals surface area contributed by atoms with Crippen molar-refractivity contribution < 1.29 is 18.7 Å². The molecule has 3 aromatic rings. The van der Waals surface area contributed by atoms with Crippen LogP contribution in [0, 0.1) is 11.7 Å². The van der Waals surface area contributed by atoms with Crippen molar-refractivity contribution >= 4 is 17.6 Å². The fraction of sp³-hybridized carbons (Fsp3) is 0.379. The molecular weight excluding hydrogens is 485 g/mol. The highest BCUT2D eigenvalue weighted by molar-refractivity contribution is 5.85. The van der Waals surface area contributed by atoms with Gasteiger partial charge in [0.25, 0.3) is 0 Å². The van der Waals surface area contributed by atoms with Crippen LogP contribution in [0.15, 0.2) is 60.7 Å². The lowest BCUT2D eigenvalue weighted by atomic mass is 10.1. The number of methoxy groups -OCH3 is 1. The van der Waals surface area contributed by atoms with E-state index < -0.39 is 0 Å². The van der Waals surface area contributed by atoms with Crippen molar-refractivity contribution in [3.8, 4) is 17.0 Å². The first-order chi connectivity index (χ1) is 18.3. The molecule has 2 amide bonds. The Hall–Kier alpha value is -4.01. The first-order valence-corrected chi connectivity index (χ1v) is 12.9. The molecule has 0 N–H and O–H groups in total. The van der Waals surface area contributed by atoms with Gasteiger partial charge >= 0.3 is 0 Å². The standard InChI is InChI=1S/C29H34FN5O3/c1-21(2)29(37)35(19-22-5-9-24(30)10-6-22)20-28(36)34-16-4-15-33(17-18-34)27-14-13-26(31-32-27)23-7-11-25(38-3)12-8-23/h5-14,21H,4,15-20H2,1-3H3. The number of nitrogens with zero attached hydrogens (tertiary/aromatic N) is 5. The Balaban J connectivity index is 1.37. The fourth-order valence-electron chi connectivity index (χ4n) is 4.46. The predicted octanol–water partition coefficient (Wildman–Crippen LogP) is 4.01. The maximum Gasteiger partial charge on any atom is 0.242 e. The highest BCUT2D eigenvalue weighted by atomic mass is 19.1. The van der Waals surface area contributed by atoms with E-state index >= 15 is 0 Å². The van der Waals surface area contributed by atoms with Crippen LogP contribution in [0.25, 0.3) is 11.3 Å². The van der Waals surface area contributed by atoms with Crippen molar-refractivity contribution in [1.29, 1.82) is 0 Å². The zero-order valence-electron chi connectivity index (χ0n) is 22.1. The highest BCUT2D eigenvalue weighted by Crippen LogP contribution is 2.22. The molecule has 2 aromatic carbocycles. The van der Waals surface area contributed by atoms with Gasteiger partial charge in [0.15, 0.2) is 5.82 Å². The first-order valence-electron chi connectivity index (χ1n) is 12.9. The molecule has 1 fully saturated rings. The van der Waals surface area contributed by atoms with Gasteiger partial charge in [-0.2, -0.15) is 0 Å². The van der Waals surface area contributed by atoms with Crippen LogP contribution < -0.4 is 9.64 Å². The Morgan fingerprint density at radius 3 is 2.32 bits per heavy atom. The molecule has 9 heteroatoms. The van der Waals surface area contributed by atoms with E-state index in [1.165, 1.54) is 12.1 Å². The molecule has 0 bridgehead atoms. The number of hydrogen-bond acceptors (Lipinski definition) is 6. The number of benzene rings is 2. The molecule has 38 heavy (non-hydrogen) atoms. The van der Waals surface area contributed by atoms with Crippen LogP contribution in [-0.2, 0) is 16.1 Å². The second-order valence-corrected chi connectivity index (χ2v) is 9.70. The lowest BCUT2D eigenvalue weighted by molar-refractivity contribution is -0.142. The Labute approximate surface area is 223 Å². The minimum atomic E-state index is -0.333. The van der Waals surface area contributed by atoms with E-state index in [-0.39, 0.29) is 36.6 Å². The molecule has 8 nitrogen and oxygen atoms in total. The van der Waals surface area contributed by atoms with Gasteiger partial charge in [-0.25, -0.2) is 4.39 Å². The normalized spacial score (nSPS) is 13.8. The Bertz CT molecular complexity index is 1220. The van der Waals surface area contributed by atoms with E-state index in [2.05, 4.69) is 15.1 Å². The van der Waals surface area contributed by atoms with Gasteiger partial charge in [-0.3, -0.25) is 9.59 Å². The van der Waals surface area contributed by atoms with Gasteiger partial charge in [0.05, 0.1) is 12.8 Å². The van der Waals surface area contributed by atoms with Crippen LogP contribution in [0.3, 0.4) is 0 Å². The topological polar surface area (TPSA) is 78.9 Å². The molecule has 0 atom stereocenters. The number of carbonyl (C=O) groups excluding carboxylic acids is 2. The molecular formula is C29H34FN5O3. The molecule has 4 rings (SSSR count).